The van der Waals surface area contributed by atoms with Crippen LogP contribution in [0, 0.1) is 0 Å². The van der Waals surface area contributed by atoms with Crippen LogP contribution in [0.15, 0.2) is 72.8 Å². The largest absolute Gasteiger partial charge is 0.444 e. The smallest absolute Gasteiger partial charge is 0.410 e. The Labute approximate surface area is 203 Å². The molecular weight excluding hydrogens is 428 g/mol. The number of hydrogen-bond donors (Lipinski definition) is 1. The van der Waals surface area contributed by atoms with Gasteiger partial charge in [0.15, 0.2) is 0 Å². The molecule has 0 heterocycles. The van der Waals surface area contributed by atoms with Crippen LogP contribution in [0.25, 0.3) is 0 Å². The standard InChI is InChI=1S/C28H38N2O4/c1-27(2,3)33-25(31)29-24(20-22-14-9-7-10-15-22)18-13-19-30(26(32)34-28(4,5)6)21-23-16-11-8-12-17-23/h7-18,24H,19-21H2,1-6H3,(H,29,31)/b18-13+/t24-/m1/s1. The van der Waals surface area contributed by atoms with Crippen molar-refractivity contribution in [2.24, 2.45) is 0 Å². The number of ether oxygens (including phenoxy) is 2. The van der Waals surface area contributed by atoms with Gasteiger partial charge >= 0.3 is 12.2 Å². The Balaban J connectivity index is 2.15. The Morgan fingerprint density at radius 3 is 1.91 bits per heavy atom. The van der Waals surface area contributed by atoms with Crippen molar-refractivity contribution in [2.45, 2.75) is 71.8 Å². The van der Waals surface area contributed by atoms with Crippen LogP contribution in [0.4, 0.5) is 9.59 Å². The summed E-state index contributed by atoms with van der Waals surface area (Å²) in [7, 11) is 0. The number of nitrogens with zero attached hydrogens (tertiary/aromatic N) is 1. The number of nitrogens with one attached hydrogen (secondary N) is 1. The number of alkyl carbamates (subject to hydrolysis) is 1. The van der Waals surface area contributed by atoms with Gasteiger partial charge in [-0.15, -0.1) is 0 Å². The quantitative estimate of drug-likeness (QED) is 0.476. The van der Waals surface area contributed by atoms with Crippen LogP contribution in [0.3, 0.4) is 0 Å². The van der Waals surface area contributed by atoms with Gasteiger partial charge < -0.3 is 19.7 Å². The first-order valence-electron chi connectivity index (χ1n) is 11.6. The third-order valence-electron chi connectivity index (χ3n) is 4.56. The normalized spacial score (nSPS) is 12.8. The molecule has 0 aliphatic rings. The van der Waals surface area contributed by atoms with E-state index in [1.807, 2.05) is 114 Å². The van der Waals surface area contributed by atoms with E-state index in [9.17, 15) is 9.59 Å². The number of rotatable bonds is 8. The molecule has 0 saturated heterocycles. The zero-order valence-corrected chi connectivity index (χ0v) is 21.2. The molecule has 0 saturated carbocycles. The van der Waals surface area contributed by atoms with Crippen LogP contribution >= 0.6 is 0 Å². The summed E-state index contributed by atoms with van der Waals surface area (Å²) in [6.07, 6.45) is 3.52. The van der Waals surface area contributed by atoms with Crippen LogP contribution in [-0.4, -0.2) is 40.9 Å². The molecular formula is C28H38N2O4. The lowest BCUT2D eigenvalue weighted by molar-refractivity contribution is 0.0255. The molecule has 0 fully saturated rings. The second kappa shape index (κ2) is 12.3. The van der Waals surface area contributed by atoms with E-state index in [4.69, 9.17) is 9.47 Å². The van der Waals surface area contributed by atoms with Crippen LogP contribution in [0.2, 0.25) is 0 Å². The fourth-order valence-corrected chi connectivity index (χ4v) is 3.18. The minimum Gasteiger partial charge on any atom is -0.444 e. The van der Waals surface area contributed by atoms with Gasteiger partial charge in [-0.2, -0.15) is 0 Å². The highest BCUT2D eigenvalue weighted by atomic mass is 16.6. The van der Waals surface area contributed by atoms with Gasteiger partial charge in [0.05, 0.1) is 6.04 Å². The lowest BCUT2D eigenvalue weighted by Crippen LogP contribution is -2.39. The molecule has 34 heavy (non-hydrogen) atoms. The van der Waals surface area contributed by atoms with Crippen molar-refractivity contribution >= 4 is 12.2 Å². The van der Waals surface area contributed by atoms with E-state index in [1.54, 1.807) is 4.90 Å². The van der Waals surface area contributed by atoms with Crippen molar-refractivity contribution in [2.75, 3.05) is 6.54 Å². The molecule has 0 radical (unpaired) electrons. The molecule has 0 spiro atoms. The lowest BCUT2D eigenvalue weighted by Gasteiger charge is -2.27. The van der Waals surface area contributed by atoms with Gasteiger partial charge in [-0.3, -0.25) is 0 Å². The monoisotopic (exact) mass is 466 g/mol. The van der Waals surface area contributed by atoms with E-state index in [1.165, 1.54) is 0 Å². The van der Waals surface area contributed by atoms with Gasteiger partial charge in [0.25, 0.3) is 0 Å². The van der Waals surface area contributed by atoms with E-state index in [2.05, 4.69) is 5.32 Å². The van der Waals surface area contributed by atoms with Gasteiger partial charge in [-0.1, -0.05) is 72.8 Å². The summed E-state index contributed by atoms with van der Waals surface area (Å²) in [6, 6.07) is 19.4. The number of carbonyl (C=O) groups is 2. The summed E-state index contributed by atoms with van der Waals surface area (Å²) < 4.78 is 11.0. The summed E-state index contributed by atoms with van der Waals surface area (Å²) in [6.45, 7) is 11.8. The summed E-state index contributed by atoms with van der Waals surface area (Å²) in [5.74, 6) is 0. The minimum atomic E-state index is -0.593. The minimum absolute atomic E-state index is 0.297. The van der Waals surface area contributed by atoms with Gasteiger partial charge in [0, 0.05) is 13.1 Å². The topological polar surface area (TPSA) is 67.9 Å². The molecule has 2 aromatic rings. The van der Waals surface area contributed by atoms with Crippen molar-refractivity contribution < 1.29 is 19.1 Å². The molecule has 0 bridgehead atoms. The van der Waals surface area contributed by atoms with Crippen molar-refractivity contribution in [3.63, 3.8) is 0 Å². The van der Waals surface area contributed by atoms with E-state index < -0.39 is 17.3 Å². The molecule has 184 valence electrons. The average Bonchev–Trinajstić information content (AvgIpc) is 2.72. The molecule has 2 amide bonds. The molecule has 2 aromatic carbocycles. The average molecular weight is 467 g/mol. The highest BCUT2D eigenvalue weighted by Gasteiger charge is 2.22. The number of amides is 2. The van der Waals surface area contributed by atoms with Gasteiger partial charge in [-0.25, -0.2) is 9.59 Å². The fourth-order valence-electron chi connectivity index (χ4n) is 3.18. The molecule has 6 nitrogen and oxygen atoms in total. The summed E-state index contributed by atoms with van der Waals surface area (Å²) in [5, 5.41) is 2.93. The fraction of sp³-hybridized carbons (Fsp3) is 0.429. The van der Waals surface area contributed by atoms with E-state index >= 15 is 0 Å². The van der Waals surface area contributed by atoms with Gasteiger partial charge in [0.2, 0.25) is 0 Å². The third-order valence-corrected chi connectivity index (χ3v) is 4.56. The second-order valence-electron chi connectivity index (χ2n) is 10.2. The van der Waals surface area contributed by atoms with Gasteiger partial charge in [0.1, 0.15) is 11.2 Å². The molecule has 1 atom stereocenters. The summed E-state index contributed by atoms with van der Waals surface area (Å²) >= 11 is 0. The first-order chi connectivity index (χ1) is 15.9. The molecule has 1 N–H and O–H groups in total. The zero-order valence-electron chi connectivity index (χ0n) is 21.2. The third kappa shape index (κ3) is 11.0. The maximum Gasteiger partial charge on any atom is 0.410 e. The SMILES string of the molecule is CC(C)(C)OC(=O)N[C@H](/C=C/CN(Cc1ccccc1)C(=O)OC(C)(C)C)Cc1ccccc1. The van der Waals surface area contributed by atoms with Crippen molar-refractivity contribution in [1.29, 1.82) is 0 Å². The number of benzene rings is 2. The summed E-state index contributed by atoms with van der Waals surface area (Å²) in [5.41, 5.74) is 0.911. The Morgan fingerprint density at radius 1 is 0.853 bits per heavy atom. The second-order valence-corrected chi connectivity index (χ2v) is 10.2. The highest BCUT2D eigenvalue weighted by molar-refractivity contribution is 5.69. The predicted octanol–water partition coefficient (Wildman–Crippen LogP) is 6.12. The first kappa shape index (κ1) is 27.0. The van der Waals surface area contributed by atoms with Crippen LogP contribution in [0.1, 0.15) is 52.7 Å². The van der Waals surface area contributed by atoms with Crippen molar-refractivity contribution in [1.82, 2.24) is 10.2 Å². The van der Waals surface area contributed by atoms with Crippen LogP contribution in [-0.2, 0) is 22.4 Å². The maximum absolute atomic E-state index is 12.8. The Kier molecular flexibility index (Phi) is 9.72. The molecule has 0 aromatic heterocycles. The van der Waals surface area contributed by atoms with Gasteiger partial charge in [-0.05, 0) is 59.1 Å². The predicted molar refractivity (Wildman–Crippen MR) is 136 cm³/mol. The Morgan fingerprint density at radius 2 is 1.38 bits per heavy atom. The Bertz CT molecular complexity index is 928. The summed E-state index contributed by atoms with van der Waals surface area (Å²) in [4.78, 5) is 26.9. The van der Waals surface area contributed by atoms with Crippen LogP contribution < -0.4 is 5.32 Å². The molecule has 2 rings (SSSR count). The molecule has 0 aliphatic heterocycles. The van der Waals surface area contributed by atoms with Crippen molar-refractivity contribution in [3.05, 3.63) is 83.9 Å². The first-order valence-corrected chi connectivity index (χ1v) is 11.6. The lowest BCUT2D eigenvalue weighted by atomic mass is 10.1. The van der Waals surface area contributed by atoms with Crippen molar-refractivity contribution in [3.8, 4) is 0 Å². The number of hydrogen-bond acceptors (Lipinski definition) is 4. The zero-order chi connectivity index (χ0) is 25.2. The molecule has 0 aliphatic carbocycles. The Hall–Kier alpha value is -3.28. The highest BCUT2D eigenvalue weighted by Crippen LogP contribution is 2.14. The number of carbonyl (C=O) groups excluding carboxylic acids is 2. The maximum atomic E-state index is 12.8. The van der Waals surface area contributed by atoms with E-state index in [0.29, 0.717) is 19.5 Å². The molecule has 0 unspecified atom stereocenters. The molecule has 6 heteroatoms. The van der Waals surface area contributed by atoms with E-state index in [0.717, 1.165) is 11.1 Å². The van der Waals surface area contributed by atoms with Crippen LogP contribution in [0.5, 0.6) is 0 Å². The van der Waals surface area contributed by atoms with E-state index in [-0.39, 0.29) is 12.1 Å².